The summed E-state index contributed by atoms with van der Waals surface area (Å²) in [5, 5.41) is 5.30. The van der Waals surface area contributed by atoms with Crippen molar-refractivity contribution in [3.8, 4) is 0 Å². The molecule has 0 aliphatic rings. The zero-order valence-corrected chi connectivity index (χ0v) is 13.6. The molecule has 0 aromatic heterocycles. The van der Waals surface area contributed by atoms with E-state index in [9.17, 15) is 22.4 Å². The zero-order valence-electron chi connectivity index (χ0n) is 13.6. The summed E-state index contributed by atoms with van der Waals surface area (Å²) in [5.74, 6) is -3.70. The minimum atomic E-state index is -4.17. The molecule has 0 atom stereocenters. The SMILES string of the molecule is CC(C)CCNC(=O)Nc1cccc(COCC(F)(F)C(F)F)c1. The molecule has 0 saturated heterocycles. The highest BCUT2D eigenvalue weighted by molar-refractivity contribution is 5.89. The van der Waals surface area contributed by atoms with E-state index >= 15 is 0 Å². The lowest BCUT2D eigenvalue weighted by Gasteiger charge is -2.15. The third-order valence-corrected chi connectivity index (χ3v) is 3.07. The number of ether oxygens (including phenoxy) is 1. The molecule has 0 aliphatic heterocycles. The molecule has 1 aromatic rings. The molecule has 1 aromatic carbocycles. The zero-order chi connectivity index (χ0) is 18.2. The molecule has 0 saturated carbocycles. The van der Waals surface area contributed by atoms with Crippen LogP contribution in [0.15, 0.2) is 24.3 Å². The van der Waals surface area contributed by atoms with Crippen LogP contribution in [0.3, 0.4) is 0 Å². The molecule has 24 heavy (non-hydrogen) atoms. The van der Waals surface area contributed by atoms with E-state index in [0.717, 1.165) is 6.42 Å². The van der Waals surface area contributed by atoms with Gasteiger partial charge in [-0.2, -0.15) is 8.78 Å². The third kappa shape index (κ3) is 7.63. The van der Waals surface area contributed by atoms with Gasteiger partial charge < -0.3 is 15.4 Å². The van der Waals surface area contributed by atoms with Gasteiger partial charge in [0.2, 0.25) is 0 Å². The second-order valence-corrected chi connectivity index (χ2v) is 5.82. The number of rotatable bonds is 9. The molecule has 2 N–H and O–H groups in total. The Morgan fingerprint density at radius 3 is 2.62 bits per heavy atom. The number of urea groups is 1. The minimum absolute atomic E-state index is 0.257. The fraction of sp³-hybridized carbons (Fsp3) is 0.562. The molecular formula is C16H22F4N2O2. The van der Waals surface area contributed by atoms with Crippen molar-refractivity contribution < 1.29 is 27.1 Å². The van der Waals surface area contributed by atoms with Crippen molar-refractivity contribution in [3.63, 3.8) is 0 Å². The van der Waals surface area contributed by atoms with Gasteiger partial charge in [-0.25, -0.2) is 13.6 Å². The molecule has 4 nitrogen and oxygen atoms in total. The Morgan fingerprint density at radius 2 is 2.00 bits per heavy atom. The highest BCUT2D eigenvalue weighted by Crippen LogP contribution is 2.23. The van der Waals surface area contributed by atoms with Crippen LogP contribution < -0.4 is 10.6 Å². The molecular weight excluding hydrogens is 328 g/mol. The molecule has 0 unspecified atom stereocenters. The maximum atomic E-state index is 12.7. The van der Waals surface area contributed by atoms with Gasteiger partial charge in [-0.05, 0) is 30.0 Å². The first-order chi connectivity index (χ1) is 11.2. The fourth-order valence-corrected chi connectivity index (χ4v) is 1.76. The van der Waals surface area contributed by atoms with Crippen LogP contribution in [-0.4, -0.2) is 31.5 Å². The summed E-state index contributed by atoms with van der Waals surface area (Å²) < 4.78 is 54.1. The van der Waals surface area contributed by atoms with E-state index in [4.69, 9.17) is 0 Å². The molecule has 0 heterocycles. The van der Waals surface area contributed by atoms with Crippen molar-refractivity contribution in [2.24, 2.45) is 5.92 Å². The summed E-state index contributed by atoms with van der Waals surface area (Å²) >= 11 is 0. The van der Waals surface area contributed by atoms with Gasteiger partial charge in [0.15, 0.2) is 0 Å². The van der Waals surface area contributed by atoms with E-state index in [1.807, 2.05) is 13.8 Å². The average molecular weight is 350 g/mol. The van der Waals surface area contributed by atoms with Gasteiger partial charge in [-0.1, -0.05) is 26.0 Å². The fourth-order valence-electron chi connectivity index (χ4n) is 1.76. The van der Waals surface area contributed by atoms with Crippen LogP contribution in [0.4, 0.5) is 28.0 Å². The van der Waals surface area contributed by atoms with Crippen molar-refractivity contribution in [2.75, 3.05) is 18.5 Å². The highest BCUT2D eigenvalue weighted by atomic mass is 19.3. The second-order valence-electron chi connectivity index (χ2n) is 5.82. The van der Waals surface area contributed by atoms with Crippen molar-refractivity contribution in [1.82, 2.24) is 5.32 Å². The van der Waals surface area contributed by atoms with E-state index in [1.165, 1.54) is 6.07 Å². The molecule has 0 spiro atoms. The Labute approximate surface area is 138 Å². The predicted octanol–water partition coefficient (Wildman–Crippen LogP) is 4.27. The van der Waals surface area contributed by atoms with Gasteiger partial charge in [0.1, 0.15) is 6.61 Å². The van der Waals surface area contributed by atoms with E-state index in [0.29, 0.717) is 23.7 Å². The van der Waals surface area contributed by atoms with E-state index < -0.39 is 19.0 Å². The van der Waals surface area contributed by atoms with Crippen LogP contribution in [0.1, 0.15) is 25.8 Å². The van der Waals surface area contributed by atoms with Gasteiger partial charge in [-0.3, -0.25) is 0 Å². The monoisotopic (exact) mass is 350 g/mol. The summed E-state index contributed by atoms with van der Waals surface area (Å²) in [4.78, 5) is 11.7. The Morgan fingerprint density at radius 1 is 1.29 bits per heavy atom. The van der Waals surface area contributed by atoms with Crippen LogP contribution in [-0.2, 0) is 11.3 Å². The first kappa shape index (κ1) is 20.2. The van der Waals surface area contributed by atoms with E-state index in [-0.39, 0.29) is 12.6 Å². The van der Waals surface area contributed by atoms with Crippen molar-refractivity contribution >= 4 is 11.7 Å². The molecule has 0 bridgehead atoms. The van der Waals surface area contributed by atoms with E-state index in [1.54, 1.807) is 18.2 Å². The normalized spacial score (nSPS) is 11.8. The molecule has 8 heteroatoms. The van der Waals surface area contributed by atoms with Gasteiger partial charge >= 0.3 is 18.4 Å². The summed E-state index contributed by atoms with van der Waals surface area (Å²) in [7, 11) is 0. The Kier molecular flexibility index (Phi) is 7.97. The quantitative estimate of drug-likeness (QED) is 0.654. The van der Waals surface area contributed by atoms with Gasteiger partial charge in [0.05, 0.1) is 6.61 Å². The van der Waals surface area contributed by atoms with Crippen LogP contribution in [0.2, 0.25) is 0 Å². The third-order valence-electron chi connectivity index (χ3n) is 3.07. The van der Waals surface area contributed by atoms with Crippen molar-refractivity contribution in [3.05, 3.63) is 29.8 Å². The van der Waals surface area contributed by atoms with Crippen LogP contribution in [0.5, 0.6) is 0 Å². The number of nitrogens with one attached hydrogen (secondary N) is 2. The summed E-state index contributed by atoms with van der Waals surface area (Å²) in [5.41, 5.74) is 0.943. The maximum Gasteiger partial charge on any atom is 0.330 e. The smallest absolute Gasteiger partial charge is 0.330 e. The number of halogens is 4. The van der Waals surface area contributed by atoms with Crippen molar-refractivity contribution in [1.29, 1.82) is 0 Å². The largest absolute Gasteiger partial charge is 0.370 e. The first-order valence-corrected chi connectivity index (χ1v) is 7.58. The van der Waals surface area contributed by atoms with Crippen LogP contribution in [0, 0.1) is 5.92 Å². The topological polar surface area (TPSA) is 50.4 Å². The summed E-state index contributed by atoms with van der Waals surface area (Å²) in [6.07, 6.45) is -2.92. The number of hydrogen-bond acceptors (Lipinski definition) is 2. The van der Waals surface area contributed by atoms with Crippen molar-refractivity contribution in [2.45, 2.75) is 39.2 Å². The number of anilines is 1. The lowest BCUT2D eigenvalue weighted by atomic mass is 10.1. The molecule has 136 valence electrons. The average Bonchev–Trinajstić information content (AvgIpc) is 2.46. The Bertz CT molecular complexity index is 525. The van der Waals surface area contributed by atoms with Gasteiger partial charge in [0.25, 0.3) is 0 Å². The Balaban J connectivity index is 2.44. The lowest BCUT2D eigenvalue weighted by molar-refractivity contribution is -0.168. The number of alkyl halides is 4. The molecule has 0 fully saturated rings. The van der Waals surface area contributed by atoms with E-state index in [2.05, 4.69) is 15.4 Å². The molecule has 0 radical (unpaired) electrons. The standard InChI is InChI=1S/C16H22F4N2O2/c1-11(2)6-7-21-15(23)22-13-5-3-4-12(8-13)9-24-10-16(19,20)14(17)18/h3-5,8,11,14H,6-7,9-10H2,1-2H3,(H2,21,22,23). The number of carbonyl (C=O) groups is 1. The first-order valence-electron chi connectivity index (χ1n) is 7.58. The minimum Gasteiger partial charge on any atom is -0.370 e. The number of carbonyl (C=O) groups excluding carboxylic acids is 1. The Hall–Kier alpha value is -1.83. The molecule has 1 rings (SSSR count). The molecule has 2 amide bonds. The summed E-state index contributed by atoms with van der Waals surface area (Å²) in [6, 6.07) is 5.97. The number of benzene rings is 1. The highest BCUT2D eigenvalue weighted by Gasteiger charge is 2.40. The second kappa shape index (κ2) is 9.46. The summed E-state index contributed by atoms with van der Waals surface area (Å²) in [6.45, 7) is 3.00. The predicted molar refractivity (Wildman–Crippen MR) is 83.5 cm³/mol. The number of hydrogen-bond donors (Lipinski definition) is 2. The van der Waals surface area contributed by atoms with Crippen LogP contribution >= 0.6 is 0 Å². The molecule has 0 aliphatic carbocycles. The van der Waals surface area contributed by atoms with Crippen LogP contribution in [0.25, 0.3) is 0 Å². The lowest BCUT2D eigenvalue weighted by Crippen LogP contribution is -2.32. The number of amides is 2. The van der Waals surface area contributed by atoms with Gasteiger partial charge in [0, 0.05) is 12.2 Å². The maximum absolute atomic E-state index is 12.7. The van der Waals surface area contributed by atoms with Gasteiger partial charge in [-0.15, -0.1) is 0 Å².